The zero-order chi connectivity index (χ0) is 12.3. The fourth-order valence-corrected chi connectivity index (χ4v) is 2.86. The van der Waals surface area contributed by atoms with Gasteiger partial charge in [0, 0.05) is 25.6 Å². The molecular formula is C13H21N3O. The van der Waals surface area contributed by atoms with Crippen LogP contribution in [0.1, 0.15) is 32.6 Å². The maximum atomic E-state index is 11.8. The van der Waals surface area contributed by atoms with Gasteiger partial charge >= 0.3 is 0 Å². The largest absolute Gasteiger partial charge is 0.337 e. The Labute approximate surface area is 103 Å². The lowest BCUT2D eigenvalue weighted by atomic mass is 10.1. The topological polar surface area (TPSA) is 47.3 Å². The molecule has 4 heteroatoms. The van der Waals surface area contributed by atoms with Crippen molar-refractivity contribution in [2.24, 2.45) is 5.92 Å². The minimum atomic E-state index is -0.0914. The minimum absolute atomic E-state index is 0.0914. The van der Waals surface area contributed by atoms with Crippen LogP contribution in [0.25, 0.3) is 0 Å². The van der Waals surface area contributed by atoms with Crippen molar-refractivity contribution in [1.29, 1.82) is 5.26 Å². The van der Waals surface area contributed by atoms with Gasteiger partial charge in [-0.1, -0.05) is 6.42 Å². The second kappa shape index (κ2) is 5.50. The summed E-state index contributed by atoms with van der Waals surface area (Å²) in [6.07, 6.45) is 4.31. The standard InChI is InChI=1S/C13H21N3O/c1-11(9-15-5-3-2-4-6-15)16-10-12(8-14)7-13(16)17/h11-12H,2-7,9-10H2,1H3. The predicted molar refractivity (Wildman–Crippen MR) is 65.2 cm³/mol. The smallest absolute Gasteiger partial charge is 0.224 e. The van der Waals surface area contributed by atoms with Gasteiger partial charge in [-0.05, 0) is 32.9 Å². The molecule has 2 saturated heterocycles. The number of nitriles is 1. The lowest BCUT2D eigenvalue weighted by Crippen LogP contribution is -2.44. The van der Waals surface area contributed by atoms with Crippen molar-refractivity contribution >= 4 is 5.91 Å². The lowest BCUT2D eigenvalue weighted by Gasteiger charge is -2.33. The van der Waals surface area contributed by atoms with E-state index in [2.05, 4.69) is 17.9 Å². The molecule has 0 radical (unpaired) electrons. The molecule has 2 rings (SSSR count). The van der Waals surface area contributed by atoms with Crippen LogP contribution >= 0.6 is 0 Å². The number of hydrogen-bond acceptors (Lipinski definition) is 3. The van der Waals surface area contributed by atoms with Gasteiger partial charge in [-0.25, -0.2) is 0 Å². The highest BCUT2D eigenvalue weighted by atomic mass is 16.2. The van der Waals surface area contributed by atoms with E-state index in [1.165, 1.54) is 19.3 Å². The first-order valence-electron chi connectivity index (χ1n) is 6.62. The zero-order valence-corrected chi connectivity index (χ0v) is 10.6. The number of carbonyl (C=O) groups excluding carboxylic acids is 1. The van der Waals surface area contributed by atoms with Crippen LogP contribution < -0.4 is 0 Å². The zero-order valence-electron chi connectivity index (χ0n) is 10.6. The molecule has 2 fully saturated rings. The fourth-order valence-electron chi connectivity index (χ4n) is 2.86. The van der Waals surface area contributed by atoms with Crippen molar-refractivity contribution in [3.63, 3.8) is 0 Å². The van der Waals surface area contributed by atoms with Crippen LogP contribution in [-0.2, 0) is 4.79 Å². The van der Waals surface area contributed by atoms with Gasteiger partial charge in [-0.2, -0.15) is 5.26 Å². The van der Waals surface area contributed by atoms with Crippen molar-refractivity contribution in [3.05, 3.63) is 0 Å². The van der Waals surface area contributed by atoms with Gasteiger partial charge in [-0.15, -0.1) is 0 Å². The molecule has 2 heterocycles. The van der Waals surface area contributed by atoms with Gasteiger partial charge in [-0.3, -0.25) is 4.79 Å². The van der Waals surface area contributed by atoms with Crippen LogP contribution in [0.3, 0.4) is 0 Å². The summed E-state index contributed by atoms with van der Waals surface area (Å²) in [6, 6.07) is 2.46. The third-order valence-electron chi connectivity index (χ3n) is 3.84. The summed E-state index contributed by atoms with van der Waals surface area (Å²) in [5, 5.41) is 8.87. The van der Waals surface area contributed by atoms with Crippen LogP contribution in [0.4, 0.5) is 0 Å². The van der Waals surface area contributed by atoms with Gasteiger partial charge in [0.15, 0.2) is 0 Å². The molecule has 0 aromatic rings. The Morgan fingerprint density at radius 1 is 1.41 bits per heavy atom. The second-order valence-corrected chi connectivity index (χ2v) is 5.29. The van der Waals surface area contributed by atoms with Crippen molar-refractivity contribution < 1.29 is 4.79 Å². The Bertz CT molecular complexity index is 317. The molecule has 0 bridgehead atoms. The van der Waals surface area contributed by atoms with E-state index >= 15 is 0 Å². The molecule has 0 aromatic heterocycles. The molecule has 2 unspecified atom stereocenters. The average molecular weight is 235 g/mol. The number of piperidine rings is 1. The molecule has 0 spiro atoms. The molecule has 0 saturated carbocycles. The normalized spacial score (nSPS) is 28.1. The van der Waals surface area contributed by atoms with Crippen molar-refractivity contribution in [3.8, 4) is 6.07 Å². The predicted octanol–water partition coefficient (Wildman–Crippen LogP) is 1.23. The fraction of sp³-hybridized carbons (Fsp3) is 0.846. The molecular weight excluding hydrogens is 214 g/mol. The molecule has 2 aliphatic rings. The Morgan fingerprint density at radius 2 is 2.12 bits per heavy atom. The molecule has 4 nitrogen and oxygen atoms in total. The van der Waals surface area contributed by atoms with E-state index in [1.807, 2.05) is 4.90 Å². The monoisotopic (exact) mass is 235 g/mol. The lowest BCUT2D eigenvalue weighted by molar-refractivity contribution is -0.129. The van der Waals surface area contributed by atoms with E-state index in [-0.39, 0.29) is 17.9 Å². The molecule has 17 heavy (non-hydrogen) atoms. The van der Waals surface area contributed by atoms with Gasteiger partial charge < -0.3 is 9.80 Å². The first-order chi connectivity index (χ1) is 8.20. The summed E-state index contributed by atoms with van der Waals surface area (Å²) >= 11 is 0. The Balaban J connectivity index is 1.85. The quantitative estimate of drug-likeness (QED) is 0.739. The van der Waals surface area contributed by atoms with Crippen LogP contribution in [0.2, 0.25) is 0 Å². The molecule has 1 amide bonds. The molecule has 0 N–H and O–H groups in total. The second-order valence-electron chi connectivity index (χ2n) is 5.29. The van der Waals surface area contributed by atoms with Crippen molar-refractivity contribution in [1.82, 2.24) is 9.80 Å². The minimum Gasteiger partial charge on any atom is -0.337 e. The molecule has 0 aromatic carbocycles. The molecule has 2 atom stereocenters. The van der Waals surface area contributed by atoms with E-state index in [1.54, 1.807) is 0 Å². The Morgan fingerprint density at radius 3 is 2.71 bits per heavy atom. The summed E-state index contributed by atoms with van der Waals surface area (Å²) in [5.41, 5.74) is 0. The summed E-state index contributed by atoms with van der Waals surface area (Å²) in [7, 11) is 0. The van der Waals surface area contributed by atoms with Gasteiger partial charge in [0.25, 0.3) is 0 Å². The van der Waals surface area contributed by atoms with E-state index in [9.17, 15) is 4.79 Å². The summed E-state index contributed by atoms with van der Waals surface area (Å²) in [4.78, 5) is 16.1. The van der Waals surface area contributed by atoms with E-state index in [4.69, 9.17) is 5.26 Å². The van der Waals surface area contributed by atoms with Crippen LogP contribution in [0.15, 0.2) is 0 Å². The third kappa shape index (κ3) is 2.98. The van der Waals surface area contributed by atoms with Gasteiger partial charge in [0.1, 0.15) is 0 Å². The number of nitrogens with zero attached hydrogens (tertiary/aromatic N) is 3. The molecule has 0 aliphatic carbocycles. The highest BCUT2D eigenvalue weighted by Gasteiger charge is 2.33. The first-order valence-corrected chi connectivity index (χ1v) is 6.62. The molecule has 2 aliphatic heterocycles. The van der Waals surface area contributed by atoms with Gasteiger partial charge in [0.2, 0.25) is 5.91 Å². The summed E-state index contributed by atoms with van der Waals surface area (Å²) in [5.74, 6) is 0.0624. The number of hydrogen-bond donors (Lipinski definition) is 0. The van der Waals surface area contributed by atoms with Gasteiger partial charge in [0.05, 0.1) is 12.0 Å². The van der Waals surface area contributed by atoms with Crippen molar-refractivity contribution in [2.75, 3.05) is 26.2 Å². The maximum absolute atomic E-state index is 11.8. The van der Waals surface area contributed by atoms with Crippen molar-refractivity contribution in [2.45, 2.75) is 38.6 Å². The SMILES string of the molecule is CC(CN1CCCCC1)N1CC(C#N)CC1=O. The third-order valence-corrected chi connectivity index (χ3v) is 3.84. The van der Waals surface area contributed by atoms with E-state index in [0.717, 1.165) is 19.6 Å². The number of amides is 1. The molecule has 94 valence electrons. The number of likely N-dealkylation sites (tertiary alicyclic amines) is 2. The van der Waals surface area contributed by atoms with Crippen LogP contribution in [-0.4, -0.2) is 47.9 Å². The summed E-state index contributed by atoms with van der Waals surface area (Å²) < 4.78 is 0. The number of carbonyl (C=O) groups is 1. The van der Waals surface area contributed by atoms with Crippen LogP contribution in [0, 0.1) is 17.2 Å². The van der Waals surface area contributed by atoms with E-state index in [0.29, 0.717) is 13.0 Å². The summed E-state index contributed by atoms with van der Waals surface area (Å²) in [6.45, 7) is 6.02. The Hall–Kier alpha value is -1.08. The van der Waals surface area contributed by atoms with Crippen LogP contribution in [0.5, 0.6) is 0 Å². The average Bonchev–Trinajstić information content (AvgIpc) is 2.72. The highest BCUT2D eigenvalue weighted by Crippen LogP contribution is 2.20. The maximum Gasteiger partial charge on any atom is 0.224 e. The number of rotatable bonds is 3. The highest BCUT2D eigenvalue weighted by molar-refractivity contribution is 5.79. The van der Waals surface area contributed by atoms with E-state index < -0.39 is 0 Å². The first kappa shape index (κ1) is 12.4. The Kier molecular flexibility index (Phi) is 4.01.